The molecule has 29 heavy (non-hydrogen) atoms. The average Bonchev–Trinajstić information content (AvgIpc) is 2.98. The van der Waals surface area contributed by atoms with Gasteiger partial charge in [0, 0.05) is 13.1 Å². The molecular formula is C23H30N2O4. The Balaban J connectivity index is 1.62. The lowest BCUT2D eigenvalue weighted by Gasteiger charge is -2.27. The first-order valence-corrected chi connectivity index (χ1v) is 9.94. The third-order valence-corrected chi connectivity index (χ3v) is 5.52. The molecule has 0 aromatic heterocycles. The van der Waals surface area contributed by atoms with Crippen LogP contribution in [0.5, 0.6) is 17.2 Å². The van der Waals surface area contributed by atoms with E-state index in [0.29, 0.717) is 18.0 Å². The highest BCUT2D eigenvalue weighted by molar-refractivity contribution is 5.81. The normalized spacial score (nSPS) is 15.0. The van der Waals surface area contributed by atoms with E-state index in [2.05, 4.69) is 22.3 Å². The maximum atomic E-state index is 12.8. The van der Waals surface area contributed by atoms with Gasteiger partial charge in [-0.05, 0) is 67.3 Å². The van der Waals surface area contributed by atoms with Crippen molar-refractivity contribution in [3.63, 3.8) is 0 Å². The number of ether oxygens (including phenoxy) is 3. The summed E-state index contributed by atoms with van der Waals surface area (Å²) >= 11 is 0. The molecule has 0 aliphatic carbocycles. The van der Waals surface area contributed by atoms with Gasteiger partial charge in [-0.1, -0.05) is 12.1 Å². The summed E-state index contributed by atoms with van der Waals surface area (Å²) in [5, 5.41) is 3.05. The Morgan fingerprint density at radius 2 is 1.83 bits per heavy atom. The van der Waals surface area contributed by atoms with E-state index >= 15 is 0 Å². The highest BCUT2D eigenvalue weighted by Crippen LogP contribution is 2.28. The second kappa shape index (κ2) is 9.65. The number of carbonyl (C=O) groups excluding carboxylic acids is 1. The third kappa shape index (κ3) is 5.01. The number of nitrogens with zero attached hydrogens (tertiary/aromatic N) is 1. The highest BCUT2D eigenvalue weighted by atomic mass is 16.5. The van der Waals surface area contributed by atoms with Crippen LogP contribution in [0.4, 0.5) is 0 Å². The van der Waals surface area contributed by atoms with E-state index in [-0.39, 0.29) is 11.9 Å². The topological polar surface area (TPSA) is 60.0 Å². The number of methoxy groups -OCH3 is 3. The van der Waals surface area contributed by atoms with Crippen molar-refractivity contribution in [3.05, 3.63) is 53.1 Å². The lowest BCUT2D eigenvalue weighted by Crippen LogP contribution is -2.44. The van der Waals surface area contributed by atoms with E-state index in [1.807, 2.05) is 31.2 Å². The zero-order valence-corrected chi connectivity index (χ0v) is 17.7. The van der Waals surface area contributed by atoms with Gasteiger partial charge < -0.3 is 19.5 Å². The first kappa shape index (κ1) is 21.0. The van der Waals surface area contributed by atoms with Crippen molar-refractivity contribution in [2.75, 3.05) is 27.9 Å². The second-order valence-electron chi connectivity index (χ2n) is 7.29. The van der Waals surface area contributed by atoms with Crippen LogP contribution in [0, 0.1) is 0 Å². The van der Waals surface area contributed by atoms with Gasteiger partial charge in [0.2, 0.25) is 5.91 Å². The number of hydrogen-bond donors (Lipinski definition) is 1. The van der Waals surface area contributed by atoms with E-state index in [0.717, 1.165) is 37.2 Å². The predicted octanol–water partition coefficient (Wildman–Crippen LogP) is 3.17. The maximum absolute atomic E-state index is 12.8. The van der Waals surface area contributed by atoms with E-state index in [9.17, 15) is 4.79 Å². The van der Waals surface area contributed by atoms with Crippen LogP contribution in [-0.4, -0.2) is 44.7 Å². The standard InChI is InChI=1S/C23H30N2O4/c1-16(23(26)24-14-17-7-10-21(28-3)22(12-17)29-4)25-11-5-6-18-13-20(27-2)9-8-19(18)15-25/h7-10,12-13,16H,5-6,11,14-15H2,1-4H3,(H,24,26). The summed E-state index contributed by atoms with van der Waals surface area (Å²) in [6.07, 6.45) is 2.02. The number of hydrogen-bond acceptors (Lipinski definition) is 5. The molecule has 0 saturated carbocycles. The SMILES string of the molecule is COc1ccc2c(c1)CCCN(C(C)C(=O)NCc1ccc(OC)c(OC)c1)C2. The number of carbonyl (C=O) groups is 1. The molecule has 2 aromatic rings. The quantitative estimate of drug-likeness (QED) is 0.776. The summed E-state index contributed by atoms with van der Waals surface area (Å²) in [6.45, 7) is 4.08. The number of aryl methyl sites for hydroxylation is 1. The molecule has 0 spiro atoms. The smallest absolute Gasteiger partial charge is 0.237 e. The Kier molecular flexibility index (Phi) is 6.99. The highest BCUT2D eigenvalue weighted by Gasteiger charge is 2.24. The van der Waals surface area contributed by atoms with Gasteiger partial charge in [-0.2, -0.15) is 0 Å². The molecule has 3 rings (SSSR count). The number of fused-ring (bicyclic) bond motifs is 1. The van der Waals surface area contributed by atoms with Crippen LogP contribution in [0.2, 0.25) is 0 Å². The Labute approximate surface area is 172 Å². The fraction of sp³-hybridized carbons (Fsp3) is 0.435. The van der Waals surface area contributed by atoms with Gasteiger partial charge in [0.1, 0.15) is 5.75 Å². The van der Waals surface area contributed by atoms with Crippen LogP contribution in [0.1, 0.15) is 30.0 Å². The minimum absolute atomic E-state index is 0.0248. The van der Waals surface area contributed by atoms with E-state index in [1.165, 1.54) is 11.1 Å². The first-order valence-electron chi connectivity index (χ1n) is 9.94. The lowest BCUT2D eigenvalue weighted by atomic mass is 10.0. The maximum Gasteiger partial charge on any atom is 0.237 e. The summed E-state index contributed by atoms with van der Waals surface area (Å²) in [5.74, 6) is 2.25. The van der Waals surface area contributed by atoms with Crippen molar-refractivity contribution in [1.29, 1.82) is 0 Å². The fourth-order valence-corrected chi connectivity index (χ4v) is 3.71. The Hall–Kier alpha value is -2.73. The molecule has 1 heterocycles. The van der Waals surface area contributed by atoms with Crippen molar-refractivity contribution < 1.29 is 19.0 Å². The second-order valence-corrected chi connectivity index (χ2v) is 7.29. The summed E-state index contributed by atoms with van der Waals surface area (Å²) in [4.78, 5) is 15.0. The van der Waals surface area contributed by atoms with Crippen molar-refractivity contribution in [1.82, 2.24) is 10.2 Å². The molecular weight excluding hydrogens is 368 g/mol. The predicted molar refractivity (Wildman–Crippen MR) is 113 cm³/mol. The summed E-state index contributed by atoms with van der Waals surface area (Å²) in [6, 6.07) is 11.7. The summed E-state index contributed by atoms with van der Waals surface area (Å²) in [7, 11) is 4.90. The minimum atomic E-state index is -0.205. The number of amides is 1. The zero-order chi connectivity index (χ0) is 20.8. The Bertz CT molecular complexity index is 853. The molecule has 0 fully saturated rings. The molecule has 1 aliphatic heterocycles. The largest absolute Gasteiger partial charge is 0.497 e. The van der Waals surface area contributed by atoms with Crippen LogP contribution in [-0.2, 0) is 24.3 Å². The van der Waals surface area contributed by atoms with Crippen molar-refractivity contribution >= 4 is 5.91 Å². The van der Waals surface area contributed by atoms with Crippen LogP contribution in [0.3, 0.4) is 0 Å². The van der Waals surface area contributed by atoms with Gasteiger partial charge in [0.25, 0.3) is 0 Å². The Morgan fingerprint density at radius 1 is 1.03 bits per heavy atom. The van der Waals surface area contributed by atoms with Crippen LogP contribution in [0.15, 0.2) is 36.4 Å². The molecule has 0 radical (unpaired) electrons. The van der Waals surface area contributed by atoms with Gasteiger partial charge in [0.15, 0.2) is 11.5 Å². The van der Waals surface area contributed by atoms with Gasteiger partial charge in [-0.3, -0.25) is 9.69 Å². The van der Waals surface area contributed by atoms with Crippen molar-refractivity contribution in [3.8, 4) is 17.2 Å². The lowest BCUT2D eigenvalue weighted by molar-refractivity contribution is -0.126. The fourth-order valence-electron chi connectivity index (χ4n) is 3.71. The van der Waals surface area contributed by atoms with Crippen LogP contribution >= 0.6 is 0 Å². The van der Waals surface area contributed by atoms with Gasteiger partial charge in [0.05, 0.1) is 27.4 Å². The molecule has 1 aliphatic rings. The number of benzene rings is 2. The molecule has 0 saturated heterocycles. The molecule has 156 valence electrons. The molecule has 1 amide bonds. The van der Waals surface area contributed by atoms with Crippen molar-refractivity contribution in [2.24, 2.45) is 0 Å². The van der Waals surface area contributed by atoms with Crippen molar-refractivity contribution in [2.45, 2.75) is 38.9 Å². The van der Waals surface area contributed by atoms with Gasteiger partial charge in [-0.15, -0.1) is 0 Å². The molecule has 6 heteroatoms. The summed E-state index contributed by atoms with van der Waals surface area (Å²) < 4.78 is 15.9. The number of nitrogens with one attached hydrogen (secondary N) is 1. The summed E-state index contributed by atoms with van der Waals surface area (Å²) in [5.41, 5.74) is 3.55. The van der Waals surface area contributed by atoms with Crippen LogP contribution < -0.4 is 19.5 Å². The monoisotopic (exact) mass is 398 g/mol. The van der Waals surface area contributed by atoms with Crippen LogP contribution in [0.25, 0.3) is 0 Å². The van der Waals surface area contributed by atoms with Gasteiger partial charge in [-0.25, -0.2) is 0 Å². The Morgan fingerprint density at radius 3 is 2.55 bits per heavy atom. The van der Waals surface area contributed by atoms with E-state index in [4.69, 9.17) is 14.2 Å². The molecule has 6 nitrogen and oxygen atoms in total. The molecule has 1 N–H and O–H groups in total. The number of rotatable bonds is 7. The minimum Gasteiger partial charge on any atom is -0.497 e. The van der Waals surface area contributed by atoms with Gasteiger partial charge >= 0.3 is 0 Å². The average molecular weight is 399 g/mol. The molecule has 2 aromatic carbocycles. The zero-order valence-electron chi connectivity index (χ0n) is 17.7. The van der Waals surface area contributed by atoms with E-state index < -0.39 is 0 Å². The van der Waals surface area contributed by atoms with E-state index in [1.54, 1.807) is 21.3 Å². The molecule has 1 unspecified atom stereocenters. The first-order chi connectivity index (χ1) is 14.0. The third-order valence-electron chi connectivity index (χ3n) is 5.52. The molecule has 0 bridgehead atoms. The molecule has 1 atom stereocenters.